The first-order chi connectivity index (χ1) is 8.63. The minimum Gasteiger partial charge on any atom is -0.329 e. The molecule has 2 nitrogen and oxygen atoms in total. The summed E-state index contributed by atoms with van der Waals surface area (Å²) >= 11 is 6.21. The molecule has 1 atom stereocenters. The summed E-state index contributed by atoms with van der Waals surface area (Å²) in [6.07, 6.45) is 5.53. The summed E-state index contributed by atoms with van der Waals surface area (Å²) in [4.78, 5) is 4.56. The van der Waals surface area contributed by atoms with Crippen LogP contribution < -0.4 is 0 Å². The molecule has 3 heteroatoms. The third kappa shape index (κ3) is 1.58. The van der Waals surface area contributed by atoms with E-state index in [1.165, 1.54) is 41.5 Å². The molecule has 0 saturated heterocycles. The molecule has 0 aromatic carbocycles. The molecule has 2 aromatic heterocycles. The molecule has 1 aliphatic rings. The Hall–Kier alpha value is -1.02. The number of aromatic nitrogens is 2. The van der Waals surface area contributed by atoms with Crippen molar-refractivity contribution in [2.45, 2.75) is 46.6 Å². The summed E-state index contributed by atoms with van der Waals surface area (Å²) in [5, 5.41) is 2.05. The summed E-state index contributed by atoms with van der Waals surface area (Å²) in [6.45, 7) is 7.71. The number of fused-ring (bicyclic) bond motifs is 3. The molecule has 0 bridgehead atoms. The molecule has 0 spiro atoms. The minimum atomic E-state index is 0.778. The molecule has 3 heterocycles. The van der Waals surface area contributed by atoms with E-state index < -0.39 is 0 Å². The maximum atomic E-state index is 6.21. The van der Waals surface area contributed by atoms with Crippen LogP contribution in [0.15, 0.2) is 6.20 Å². The molecule has 0 fully saturated rings. The summed E-state index contributed by atoms with van der Waals surface area (Å²) < 4.78 is 2.40. The van der Waals surface area contributed by atoms with Crippen LogP contribution in [0.1, 0.15) is 36.6 Å². The van der Waals surface area contributed by atoms with Crippen LogP contribution in [-0.2, 0) is 13.0 Å². The van der Waals surface area contributed by atoms with E-state index in [4.69, 9.17) is 11.6 Å². The third-order valence-corrected chi connectivity index (χ3v) is 4.85. The van der Waals surface area contributed by atoms with E-state index in [1.54, 1.807) is 6.20 Å². The summed E-state index contributed by atoms with van der Waals surface area (Å²) in [5.74, 6) is 0.830. The van der Waals surface area contributed by atoms with Crippen LogP contribution >= 0.6 is 11.6 Å². The van der Waals surface area contributed by atoms with Crippen molar-refractivity contribution >= 4 is 22.6 Å². The number of hydrogen-bond donors (Lipinski definition) is 0. The van der Waals surface area contributed by atoms with E-state index in [0.717, 1.165) is 23.1 Å². The standard InChI is InChI=1S/C15H19ClN2/c1-4-11-5-6-18-13(7-11)10(3)14-9(2)12(16)8-17-15(14)18/h8,11H,4-7H2,1-3H3. The van der Waals surface area contributed by atoms with Crippen LogP contribution in [0.3, 0.4) is 0 Å². The van der Waals surface area contributed by atoms with E-state index in [1.807, 2.05) is 0 Å². The first-order valence-corrected chi connectivity index (χ1v) is 7.14. The van der Waals surface area contributed by atoms with Crippen molar-refractivity contribution in [3.8, 4) is 0 Å². The lowest BCUT2D eigenvalue weighted by molar-refractivity contribution is 0.382. The smallest absolute Gasteiger partial charge is 0.140 e. The fraction of sp³-hybridized carbons (Fsp3) is 0.533. The van der Waals surface area contributed by atoms with Gasteiger partial charge >= 0.3 is 0 Å². The van der Waals surface area contributed by atoms with E-state index in [0.29, 0.717) is 0 Å². The SMILES string of the molecule is CCC1CCn2c(c(C)c3c(C)c(Cl)cnc32)C1. The third-order valence-electron chi connectivity index (χ3n) is 4.47. The second kappa shape index (κ2) is 4.27. The van der Waals surface area contributed by atoms with Crippen LogP contribution in [0.4, 0.5) is 0 Å². The molecule has 0 aliphatic carbocycles. The Morgan fingerprint density at radius 2 is 2.17 bits per heavy atom. The van der Waals surface area contributed by atoms with E-state index in [-0.39, 0.29) is 0 Å². The van der Waals surface area contributed by atoms with Gasteiger partial charge in [0.15, 0.2) is 0 Å². The number of rotatable bonds is 1. The van der Waals surface area contributed by atoms with Gasteiger partial charge in [-0.3, -0.25) is 0 Å². The molecular formula is C15H19ClN2. The molecular weight excluding hydrogens is 244 g/mol. The van der Waals surface area contributed by atoms with Crippen molar-refractivity contribution < 1.29 is 0 Å². The topological polar surface area (TPSA) is 17.8 Å². The number of halogens is 1. The quantitative estimate of drug-likeness (QED) is 0.750. The first kappa shape index (κ1) is 12.0. The molecule has 0 N–H and O–H groups in total. The normalized spacial score (nSPS) is 19.2. The monoisotopic (exact) mass is 262 g/mol. The number of hydrogen-bond acceptors (Lipinski definition) is 1. The van der Waals surface area contributed by atoms with Gasteiger partial charge in [0.05, 0.1) is 5.02 Å². The van der Waals surface area contributed by atoms with E-state index in [9.17, 15) is 0 Å². The molecule has 1 aliphatic heterocycles. The largest absolute Gasteiger partial charge is 0.329 e. The molecule has 18 heavy (non-hydrogen) atoms. The van der Waals surface area contributed by atoms with Crippen LogP contribution in [0.25, 0.3) is 11.0 Å². The zero-order valence-electron chi connectivity index (χ0n) is 11.3. The van der Waals surface area contributed by atoms with E-state index in [2.05, 4.69) is 30.3 Å². The molecule has 0 radical (unpaired) electrons. The minimum absolute atomic E-state index is 0.778. The molecule has 2 aromatic rings. The van der Waals surface area contributed by atoms with Crippen molar-refractivity contribution in [3.63, 3.8) is 0 Å². The highest BCUT2D eigenvalue weighted by atomic mass is 35.5. The second-order valence-electron chi connectivity index (χ2n) is 5.42. The van der Waals surface area contributed by atoms with Gasteiger partial charge < -0.3 is 4.57 Å². The van der Waals surface area contributed by atoms with Crippen LogP contribution in [0, 0.1) is 19.8 Å². The highest BCUT2D eigenvalue weighted by Gasteiger charge is 2.24. The fourth-order valence-electron chi connectivity index (χ4n) is 3.23. The van der Waals surface area contributed by atoms with Crippen molar-refractivity contribution in [3.05, 3.63) is 28.0 Å². The highest BCUT2D eigenvalue weighted by molar-refractivity contribution is 6.32. The average molecular weight is 263 g/mol. The Bertz CT molecular complexity index is 613. The fourth-order valence-corrected chi connectivity index (χ4v) is 3.38. The molecule has 96 valence electrons. The maximum absolute atomic E-state index is 6.21. The molecule has 0 amide bonds. The van der Waals surface area contributed by atoms with Crippen LogP contribution in [-0.4, -0.2) is 9.55 Å². The Labute approximate surface area is 113 Å². The van der Waals surface area contributed by atoms with Gasteiger partial charge in [0.25, 0.3) is 0 Å². The molecule has 1 unspecified atom stereocenters. The van der Waals surface area contributed by atoms with Gasteiger partial charge in [0.1, 0.15) is 5.65 Å². The number of nitrogens with zero attached hydrogens (tertiary/aromatic N) is 2. The Balaban J connectivity index is 2.27. The van der Waals surface area contributed by atoms with Crippen molar-refractivity contribution in [1.29, 1.82) is 0 Å². The van der Waals surface area contributed by atoms with E-state index >= 15 is 0 Å². The van der Waals surface area contributed by atoms with Gasteiger partial charge in [-0.15, -0.1) is 0 Å². The number of aryl methyl sites for hydroxylation is 3. The molecule has 3 rings (SSSR count). The predicted molar refractivity (Wildman–Crippen MR) is 76.3 cm³/mol. The van der Waals surface area contributed by atoms with Gasteiger partial charge in [-0.2, -0.15) is 0 Å². The van der Waals surface area contributed by atoms with Gasteiger partial charge in [-0.1, -0.05) is 24.9 Å². The first-order valence-electron chi connectivity index (χ1n) is 6.76. The predicted octanol–water partition coefficient (Wildman–Crippen LogP) is 4.28. The lowest BCUT2D eigenvalue weighted by Crippen LogP contribution is -2.19. The van der Waals surface area contributed by atoms with Gasteiger partial charge in [0, 0.05) is 23.8 Å². The highest BCUT2D eigenvalue weighted by Crippen LogP contribution is 2.35. The second-order valence-corrected chi connectivity index (χ2v) is 5.83. The lowest BCUT2D eigenvalue weighted by atomic mass is 9.92. The van der Waals surface area contributed by atoms with Crippen molar-refractivity contribution in [2.24, 2.45) is 5.92 Å². The van der Waals surface area contributed by atoms with Crippen LogP contribution in [0.2, 0.25) is 5.02 Å². The summed E-state index contributed by atoms with van der Waals surface area (Å²) in [6, 6.07) is 0. The Morgan fingerprint density at radius 3 is 2.89 bits per heavy atom. The van der Waals surface area contributed by atoms with Crippen molar-refractivity contribution in [2.75, 3.05) is 0 Å². The van der Waals surface area contributed by atoms with Gasteiger partial charge in [0.2, 0.25) is 0 Å². The zero-order valence-corrected chi connectivity index (χ0v) is 12.0. The van der Waals surface area contributed by atoms with Gasteiger partial charge in [-0.25, -0.2) is 4.98 Å². The van der Waals surface area contributed by atoms with Crippen LogP contribution in [0.5, 0.6) is 0 Å². The summed E-state index contributed by atoms with van der Waals surface area (Å²) in [7, 11) is 0. The number of pyridine rings is 1. The maximum Gasteiger partial charge on any atom is 0.140 e. The van der Waals surface area contributed by atoms with Crippen molar-refractivity contribution in [1.82, 2.24) is 9.55 Å². The zero-order chi connectivity index (χ0) is 12.9. The lowest BCUT2D eigenvalue weighted by Gasteiger charge is -2.24. The Kier molecular flexibility index (Phi) is 2.86. The molecule has 0 saturated carbocycles. The summed E-state index contributed by atoms with van der Waals surface area (Å²) in [5.41, 5.74) is 5.16. The average Bonchev–Trinajstić information content (AvgIpc) is 2.67. The Morgan fingerprint density at radius 1 is 1.39 bits per heavy atom. The van der Waals surface area contributed by atoms with Gasteiger partial charge in [-0.05, 0) is 43.7 Å².